The molecule has 0 radical (unpaired) electrons. The highest BCUT2D eigenvalue weighted by Crippen LogP contribution is 2.20. The van der Waals surface area contributed by atoms with Gasteiger partial charge in [0.25, 0.3) is 0 Å². The third kappa shape index (κ3) is 4.30. The van der Waals surface area contributed by atoms with Gasteiger partial charge in [-0.05, 0) is 32.9 Å². The molecule has 0 atom stereocenters. The molecular formula is C15H21N5O. The largest absolute Gasteiger partial charge is 0.369 e. The Bertz CT molecular complexity index is 648. The van der Waals surface area contributed by atoms with Crippen LogP contribution >= 0.6 is 0 Å². The number of carbonyl (C=O) groups is 1. The van der Waals surface area contributed by atoms with Crippen LogP contribution < -0.4 is 16.4 Å². The Morgan fingerprint density at radius 3 is 2.67 bits per heavy atom. The van der Waals surface area contributed by atoms with E-state index >= 15 is 0 Å². The van der Waals surface area contributed by atoms with Crippen molar-refractivity contribution in [3.8, 4) is 0 Å². The third-order valence-corrected chi connectivity index (χ3v) is 2.78. The quantitative estimate of drug-likeness (QED) is 0.799. The molecule has 1 aromatic carbocycles. The summed E-state index contributed by atoms with van der Waals surface area (Å²) in [7, 11) is 0. The van der Waals surface area contributed by atoms with E-state index in [1.807, 2.05) is 45.0 Å². The molecule has 0 saturated carbocycles. The van der Waals surface area contributed by atoms with Crippen molar-refractivity contribution in [3.63, 3.8) is 0 Å². The number of para-hydroxylation sites is 1. The van der Waals surface area contributed by atoms with Crippen LogP contribution in [-0.2, 0) is 4.79 Å². The minimum Gasteiger partial charge on any atom is -0.369 e. The highest BCUT2D eigenvalue weighted by molar-refractivity contribution is 5.90. The fourth-order valence-electron chi connectivity index (χ4n) is 2.00. The first-order valence-electron chi connectivity index (χ1n) is 6.92. The van der Waals surface area contributed by atoms with Gasteiger partial charge in [0.2, 0.25) is 11.9 Å². The van der Waals surface area contributed by atoms with E-state index < -0.39 is 0 Å². The van der Waals surface area contributed by atoms with Crippen LogP contribution in [0.4, 0.5) is 11.8 Å². The molecule has 0 aliphatic heterocycles. The van der Waals surface area contributed by atoms with Crippen molar-refractivity contribution in [3.05, 3.63) is 24.3 Å². The van der Waals surface area contributed by atoms with Crippen LogP contribution in [0.15, 0.2) is 24.3 Å². The van der Waals surface area contributed by atoms with Crippen LogP contribution in [0.1, 0.15) is 27.2 Å². The summed E-state index contributed by atoms with van der Waals surface area (Å²) in [6, 6.07) is 7.62. The smallest absolute Gasteiger partial charge is 0.222 e. The van der Waals surface area contributed by atoms with E-state index in [2.05, 4.69) is 20.6 Å². The molecule has 0 aliphatic rings. The number of nitrogens with one attached hydrogen (secondary N) is 2. The van der Waals surface area contributed by atoms with Gasteiger partial charge >= 0.3 is 0 Å². The fourth-order valence-corrected chi connectivity index (χ4v) is 2.00. The Kier molecular flexibility index (Phi) is 4.26. The molecule has 21 heavy (non-hydrogen) atoms. The first-order valence-corrected chi connectivity index (χ1v) is 6.92. The van der Waals surface area contributed by atoms with Crippen molar-refractivity contribution < 1.29 is 4.79 Å². The van der Waals surface area contributed by atoms with Gasteiger partial charge in [-0.3, -0.25) is 4.79 Å². The zero-order chi connectivity index (χ0) is 15.5. The molecule has 0 spiro atoms. The first kappa shape index (κ1) is 15.0. The molecule has 6 heteroatoms. The number of aromatic nitrogens is 2. The van der Waals surface area contributed by atoms with Gasteiger partial charge < -0.3 is 16.4 Å². The Hall–Kier alpha value is -2.37. The molecular weight excluding hydrogens is 266 g/mol. The molecule has 1 aromatic heterocycles. The number of rotatable bonds is 4. The van der Waals surface area contributed by atoms with E-state index in [0.29, 0.717) is 18.8 Å². The number of nitrogen functional groups attached to an aromatic ring is 1. The van der Waals surface area contributed by atoms with E-state index in [-0.39, 0.29) is 17.4 Å². The number of amides is 1. The van der Waals surface area contributed by atoms with Crippen molar-refractivity contribution in [2.45, 2.75) is 32.7 Å². The van der Waals surface area contributed by atoms with E-state index in [4.69, 9.17) is 5.73 Å². The summed E-state index contributed by atoms with van der Waals surface area (Å²) in [5.74, 6) is 0.873. The van der Waals surface area contributed by atoms with E-state index in [1.54, 1.807) is 0 Å². The number of anilines is 2. The summed E-state index contributed by atoms with van der Waals surface area (Å²) in [6.45, 7) is 6.35. The maximum absolute atomic E-state index is 11.8. The number of hydrogen-bond acceptors (Lipinski definition) is 5. The Balaban J connectivity index is 2.02. The van der Waals surface area contributed by atoms with Crippen molar-refractivity contribution >= 4 is 28.6 Å². The van der Waals surface area contributed by atoms with Crippen molar-refractivity contribution in [1.29, 1.82) is 0 Å². The summed E-state index contributed by atoms with van der Waals surface area (Å²) in [6.07, 6.45) is 0.371. The second-order valence-electron chi connectivity index (χ2n) is 5.92. The van der Waals surface area contributed by atoms with Crippen LogP contribution in [0.5, 0.6) is 0 Å². The third-order valence-electron chi connectivity index (χ3n) is 2.78. The second kappa shape index (κ2) is 5.95. The van der Waals surface area contributed by atoms with E-state index in [0.717, 1.165) is 10.9 Å². The summed E-state index contributed by atoms with van der Waals surface area (Å²) in [5.41, 5.74) is 6.26. The molecule has 1 amide bonds. The average molecular weight is 287 g/mol. The normalized spacial score (nSPS) is 11.4. The lowest BCUT2D eigenvalue weighted by Gasteiger charge is -2.20. The lowest BCUT2D eigenvalue weighted by Crippen LogP contribution is -2.41. The lowest BCUT2D eigenvalue weighted by atomic mass is 10.1. The molecule has 0 fully saturated rings. The molecule has 2 rings (SSSR count). The van der Waals surface area contributed by atoms with E-state index in [9.17, 15) is 4.79 Å². The van der Waals surface area contributed by atoms with Gasteiger partial charge in [-0.25, -0.2) is 4.98 Å². The number of nitrogens with two attached hydrogens (primary N) is 1. The van der Waals surface area contributed by atoms with Gasteiger partial charge in [0, 0.05) is 23.9 Å². The van der Waals surface area contributed by atoms with Crippen LogP contribution in [0.2, 0.25) is 0 Å². The molecule has 0 bridgehead atoms. The molecule has 0 aliphatic carbocycles. The van der Waals surface area contributed by atoms with Gasteiger partial charge in [0.15, 0.2) is 0 Å². The standard InChI is InChI=1S/C15H21N5O/c1-15(2,3)20-12(21)8-9-17-13-10-6-4-5-7-11(10)18-14(16)19-13/h4-7H,8-9H2,1-3H3,(H,20,21)(H3,16,17,18,19). The molecule has 1 heterocycles. The highest BCUT2D eigenvalue weighted by atomic mass is 16.1. The van der Waals surface area contributed by atoms with Crippen molar-refractivity contribution in [1.82, 2.24) is 15.3 Å². The van der Waals surface area contributed by atoms with Gasteiger partial charge in [-0.1, -0.05) is 12.1 Å². The summed E-state index contributed by atoms with van der Waals surface area (Å²) >= 11 is 0. The Morgan fingerprint density at radius 2 is 1.95 bits per heavy atom. The molecule has 2 aromatic rings. The predicted octanol–water partition coefficient (Wildman–Crippen LogP) is 1.93. The zero-order valence-electron chi connectivity index (χ0n) is 12.6. The lowest BCUT2D eigenvalue weighted by molar-refractivity contribution is -0.122. The molecule has 4 N–H and O–H groups in total. The van der Waals surface area contributed by atoms with Crippen LogP contribution in [-0.4, -0.2) is 28.0 Å². The number of nitrogens with zero attached hydrogens (tertiary/aromatic N) is 2. The van der Waals surface area contributed by atoms with Crippen LogP contribution in [0, 0.1) is 0 Å². The molecule has 0 unspecified atom stereocenters. The van der Waals surface area contributed by atoms with Gasteiger partial charge in [0.1, 0.15) is 5.82 Å². The monoisotopic (exact) mass is 287 g/mol. The van der Waals surface area contributed by atoms with Gasteiger partial charge in [-0.2, -0.15) is 4.98 Å². The maximum atomic E-state index is 11.8. The maximum Gasteiger partial charge on any atom is 0.222 e. The van der Waals surface area contributed by atoms with E-state index in [1.165, 1.54) is 0 Å². The number of hydrogen-bond donors (Lipinski definition) is 3. The van der Waals surface area contributed by atoms with Gasteiger partial charge in [-0.15, -0.1) is 0 Å². The first-order chi connectivity index (χ1) is 9.85. The Morgan fingerprint density at radius 1 is 1.24 bits per heavy atom. The fraction of sp³-hybridized carbons (Fsp3) is 0.400. The van der Waals surface area contributed by atoms with Crippen molar-refractivity contribution in [2.75, 3.05) is 17.6 Å². The number of carbonyl (C=O) groups excluding carboxylic acids is 1. The van der Waals surface area contributed by atoms with Crippen molar-refractivity contribution in [2.24, 2.45) is 0 Å². The second-order valence-corrected chi connectivity index (χ2v) is 5.92. The predicted molar refractivity (Wildman–Crippen MR) is 85.0 cm³/mol. The molecule has 0 saturated heterocycles. The minimum absolute atomic E-state index is 0.00123. The SMILES string of the molecule is CC(C)(C)NC(=O)CCNc1nc(N)nc2ccccc12. The van der Waals surface area contributed by atoms with Crippen LogP contribution in [0.3, 0.4) is 0 Å². The molecule has 6 nitrogen and oxygen atoms in total. The zero-order valence-corrected chi connectivity index (χ0v) is 12.6. The topological polar surface area (TPSA) is 92.9 Å². The summed E-state index contributed by atoms with van der Waals surface area (Å²) in [5, 5.41) is 6.96. The Labute approximate surface area is 124 Å². The average Bonchev–Trinajstić information content (AvgIpc) is 2.36. The molecule has 112 valence electrons. The summed E-state index contributed by atoms with van der Waals surface area (Å²) < 4.78 is 0. The summed E-state index contributed by atoms with van der Waals surface area (Å²) in [4.78, 5) is 20.1. The minimum atomic E-state index is -0.219. The number of benzene rings is 1. The van der Waals surface area contributed by atoms with Crippen LogP contribution in [0.25, 0.3) is 10.9 Å². The highest BCUT2D eigenvalue weighted by Gasteiger charge is 2.13. The van der Waals surface area contributed by atoms with Gasteiger partial charge in [0.05, 0.1) is 5.52 Å². The number of fused-ring (bicyclic) bond motifs is 1.